The second kappa shape index (κ2) is 5.15. The van der Waals surface area contributed by atoms with E-state index in [0.717, 1.165) is 32.6 Å². The van der Waals surface area contributed by atoms with Crippen LogP contribution >= 0.6 is 0 Å². The van der Waals surface area contributed by atoms with Crippen LogP contribution < -0.4 is 5.32 Å². The lowest BCUT2D eigenvalue weighted by Gasteiger charge is -2.17. The second-order valence-corrected chi connectivity index (χ2v) is 6.12. The highest BCUT2D eigenvalue weighted by Gasteiger charge is 2.23. The molecule has 2 aliphatic rings. The first-order chi connectivity index (χ1) is 10.3. The standard InChI is InChI=1S/C18H20N2O/c1-12-2-3-18-16(6-12)14(10-20-18)7-13-8-15-11-21-5-4-17(15)19-9-13/h2-3,6,8-9,14,20H,4-5,7,10-11H2,1H3. The van der Waals surface area contributed by atoms with Gasteiger partial charge in [-0.25, -0.2) is 0 Å². The molecule has 3 heterocycles. The SMILES string of the molecule is Cc1ccc2c(c1)C(Cc1cnc3c(c1)COCC3)CN2. The molecule has 0 spiro atoms. The maximum atomic E-state index is 5.54. The van der Waals surface area contributed by atoms with Crippen LogP contribution in [0.25, 0.3) is 0 Å². The molecule has 0 saturated carbocycles. The van der Waals surface area contributed by atoms with E-state index in [2.05, 4.69) is 47.7 Å². The third kappa shape index (κ3) is 2.42. The second-order valence-electron chi connectivity index (χ2n) is 6.12. The zero-order chi connectivity index (χ0) is 14.2. The molecule has 1 aromatic carbocycles. The van der Waals surface area contributed by atoms with Crippen molar-refractivity contribution in [1.82, 2.24) is 4.98 Å². The van der Waals surface area contributed by atoms with Gasteiger partial charge in [-0.2, -0.15) is 0 Å². The Morgan fingerprint density at radius 1 is 1.33 bits per heavy atom. The van der Waals surface area contributed by atoms with E-state index in [4.69, 9.17) is 4.74 Å². The highest BCUT2D eigenvalue weighted by Crippen LogP contribution is 2.34. The molecule has 0 fully saturated rings. The molecule has 4 rings (SSSR count). The molecule has 0 radical (unpaired) electrons. The number of pyridine rings is 1. The Bertz CT molecular complexity index is 681. The molecule has 21 heavy (non-hydrogen) atoms. The Morgan fingerprint density at radius 3 is 3.24 bits per heavy atom. The molecule has 0 aliphatic carbocycles. The van der Waals surface area contributed by atoms with Crippen molar-refractivity contribution < 1.29 is 4.74 Å². The van der Waals surface area contributed by atoms with Crippen LogP contribution in [0.4, 0.5) is 5.69 Å². The first-order valence-corrected chi connectivity index (χ1v) is 7.68. The topological polar surface area (TPSA) is 34.1 Å². The van der Waals surface area contributed by atoms with Crippen molar-refractivity contribution in [3.05, 3.63) is 58.4 Å². The lowest BCUT2D eigenvalue weighted by atomic mass is 9.92. The number of nitrogens with one attached hydrogen (secondary N) is 1. The van der Waals surface area contributed by atoms with E-state index in [9.17, 15) is 0 Å². The summed E-state index contributed by atoms with van der Waals surface area (Å²) in [5, 5.41) is 3.51. The number of hydrogen-bond acceptors (Lipinski definition) is 3. The molecular formula is C18H20N2O. The monoisotopic (exact) mass is 280 g/mol. The maximum absolute atomic E-state index is 5.54. The summed E-state index contributed by atoms with van der Waals surface area (Å²) in [5.41, 5.74) is 7.88. The van der Waals surface area contributed by atoms with E-state index in [-0.39, 0.29) is 0 Å². The van der Waals surface area contributed by atoms with E-state index in [1.54, 1.807) is 0 Å². The molecule has 3 nitrogen and oxygen atoms in total. The molecule has 2 aromatic rings. The summed E-state index contributed by atoms with van der Waals surface area (Å²) in [5.74, 6) is 0.546. The number of ether oxygens (including phenoxy) is 1. The van der Waals surface area contributed by atoms with Crippen molar-refractivity contribution in [3.8, 4) is 0 Å². The van der Waals surface area contributed by atoms with Gasteiger partial charge in [-0.1, -0.05) is 23.8 Å². The van der Waals surface area contributed by atoms with Crippen LogP contribution in [0.1, 0.15) is 33.9 Å². The number of anilines is 1. The van der Waals surface area contributed by atoms with E-state index in [1.807, 2.05) is 0 Å². The van der Waals surface area contributed by atoms with Gasteiger partial charge in [0.1, 0.15) is 0 Å². The zero-order valence-electron chi connectivity index (χ0n) is 12.4. The van der Waals surface area contributed by atoms with Gasteiger partial charge >= 0.3 is 0 Å². The van der Waals surface area contributed by atoms with E-state index in [1.165, 1.54) is 33.6 Å². The summed E-state index contributed by atoms with van der Waals surface area (Å²) in [4.78, 5) is 4.63. The van der Waals surface area contributed by atoms with Gasteiger partial charge in [-0.05, 0) is 36.1 Å². The number of hydrogen-bond donors (Lipinski definition) is 1. The largest absolute Gasteiger partial charge is 0.384 e. The predicted molar refractivity (Wildman–Crippen MR) is 83.7 cm³/mol. The Labute approximate surface area is 125 Å². The molecule has 2 aliphatic heterocycles. The first-order valence-electron chi connectivity index (χ1n) is 7.68. The fourth-order valence-electron chi connectivity index (χ4n) is 3.39. The average molecular weight is 280 g/mol. The molecule has 0 amide bonds. The number of nitrogens with zero attached hydrogens (tertiary/aromatic N) is 1. The number of aryl methyl sites for hydroxylation is 1. The minimum Gasteiger partial charge on any atom is -0.384 e. The number of aromatic nitrogens is 1. The minimum atomic E-state index is 0.546. The van der Waals surface area contributed by atoms with Crippen LogP contribution in [0, 0.1) is 6.92 Å². The highest BCUT2D eigenvalue weighted by molar-refractivity contribution is 5.59. The summed E-state index contributed by atoms with van der Waals surface area (Å²) in [6.45, 7) is 4.70. The van der Waals surface area contributed by atoms with Crippen molar-refractivity contribution >= 4 is 5.69 Å². The molecule has 0 saturated heterocycles. The predicted octanol–water partition coefficient (Wildman–Crippen LogP) is 3.21. The molecule has 1 aromatic heterocycles. The molecule has 3 heteroatoms. The minimum absolute atomic E-state index is 0.546. The van der Waals surface area contributed by atoms with E-state index >= 15 is 0 Å². The highest BCUT2D eigenvalue weighted by atomic mass is 16.5. The fourth-order valence-corrected chi connectivity index (χ4v) is 3.39. The Balaban J connectivity index is 1.59. The van der Waals surface area contributed by atoms with Gasteiger partial charge in [-0.15, -0.1) is 0 Å². The third-order valence-corrected chi connectivity index (χ3v) is 4.53. The average Bonchev–Trinajstić information content (AvgIpc) is 2.89. The number of fused-ring (bicyclic) bond motifs is 2. The number of benzene rings is 1. The number of rotatable bonds is 2. The van der Waals surface area contributed by atoms with Crippen molar-refractivity contribution in [2.75, 3.05) is 18.5 Å². The van der Waals surface area contributed by atoms with Gasteiger partial charge in [0.2, 0.25) is 0 Å². The van der Waals surface area contributed by atoms with Crippen LogP contribution in [0.15, 0.2) is 30.5 Å². The molecule has 0 bridgehead atoms. The first kappa shape index (κ1) is 12.8. The summed E-state index contributed by atoms with van der Waals surface area (Å²) in [6, 6.07) is 8.97. The normalized spacial score (nSPS) is 19.8. The molecule has 1 N–H and O–H groups in total. The van der Waals surface area contributed by atoms with Crippen LogP contribution in [-0.4, -0.2) is 18.1 Å². The van der Waals surface area contributed by atoms with Crippen molar-refractivity contribution in [1.29, 1.82) is 0 Å². The summed E-state index contributed by atoms with van der Waals surface area (Å²) < 4.78 is 5.54. The molecule has 1 atom stereocenters. The lowest BCUT2D eigenvalue weighted by Crippen LogP contribution is -2.13. The van der Waals surface area contributed by atoms with Gasteiger partial charge in [0.25, 0.3) is 0 Å². The van der Waals surface area contributed by atoms with Crippen LogP contribution in [-0.2, 0) is 24.2 Å². The summed E-state index contributed by atoms with van der Waals surface area (Å²) in [6.07, 6.45) is 4.05. The quantitative estimate of drug-likeness (QED) is 0.917. The van der Waals surface area contributed by atoms with Gasteiger partial charge in [-0.3, -0.25) is 4.98 Å². The lowest BCUT2D eigenvalue weighted by molar-refractivity contribution is 0.109. The fraction of sp³-hybridized carbons (Fsp3) is 0.389. The van der Waals surface area contributed by atoms with Crippen molar-refractivity contribution in [2.45, 2.75) is 32.3 Å². The van der Waals surface area contributed by atoms with Gasteiger partial charge < -0.3 is 10.1 Å². The van der Waals surface area contributed by atoms with Gasteiger partial charge in [0.05, 0.1) is 13.2 Å². The molecule has 108 valence electrons. The van der Waals surface area contributed by atoms with Crippen LogP contribution in [0.3, 0.4) is 0 Å². The third-order valence-electron chi connectivity index (χ3n) is 4.53. The van der Waals surface area contributed by atoms with Crippen molar-refractivity contribution in [3.63, 3.8) is 0 Å². The Hall–Kier alpha value is -1.87. The van der Waals surface area contributed by atoms with Crippen molar-refractivity contribution in [2.24, 2.45) is 0 Å². The smallest absolute Gasteiger partial charge is 0.0734 e. The van der Waals surface area contributed by atoms with Gasteiger partial charge in [0, 0.05) is 36.5 Å². The molecule has 1 unspecified atom stereocenters. The van der Waals surface area contributed by atoms with Gasteiger partial charge in [0.15, 0.2) is 0 Å². The zero-order valence-corrected chi connectivity index (χ0v) is 12.4. The van der Waals surface area contributed by atoms with E-state index in [0.29, 0.717) is 5.92 Å². The Morgan fingerprint density at radius 2 is 2.29 bits per heavy atom. The maximum Gasteiger partial charge on any atom is 0.0734 e. The summed E-state index contributed by atoms with van der Waals surface area (Å²) >= 11 is 0. The molecular weight excluding hydrogens is 260 g/mol. The van der Waals surface area contributed by atoms with E-state index < -0.39 is 0 Å². The summed E-state index contributed by atoms with van der Waals surface area (Å²) in [7, 11) is 0. The Kier molecular flexibility index (Phi) is 3.15. The van der Waals surface area contributed by atoms with Crippen LogP contribution in [0.5, 0.6) is 0 Å². The van der Waals surface area contributed by atoms with Crippen LogP contribution in [0.2, 0.25) is 0 Å².